The Kier molecular flexibility index (Phi) is 5.47. The van der Waals surface area contributed by atoms with Gasteiger partial charge in [0.15, 0.2) is 0 Å². The quantitative estimate of drug-likeness (QED) is 0.697. The third kappa shape index (κ3) is 4.67. The maximum atomic E-state index is 11.5. The first kappa shape index (κ1) is 14.6. The van der Waals surface area contributed by atoms with Crippen molar-refractivity contribution in [2.24, 2.45) is 5.92 Å². The summed E-state index contributed by atoms with van der Waals surface area (Å²) >= 11 is 11.9. The second kappa shape index (κ2) is 7.12. The van der Waals surface area contributed by atoms with Gasteiger partial charge in [-0.1, -0.05) is 41.4 Å². The normalized spacial score (nSPS) is 21.8. The maximum absolute atomic E-state index is 11.5. The summed E-state index contributed by atoms with van der Waals surface area (Å²) in [4.78, 5) is 11.5. The Labute approximate surface area is 124 Å². The summed E-state index contributed by atoms with van der Waals surface area (Å²) in [6.45, 7) is 0. The Balaban J connectivity index is 1.91. The van der Waals surface area contributed by atoms with Crippen molar-refractivity contribution in [2.75, 3.05) is 0 Å². The Morgan fingerprint density at radius 2 is 2.00 bits per heavy atom. The SMILES string of the molecule is O=C1CC/C=C\C(CCc2ccc(Cl)c(Cl)c2)CC1. The summed E-state index contributed by atoms with van der Waals surface area (Å²) in [5.74, 6) is 0.891. The lowest BCUT2D eigenvalue weighted by Crippen LogP contribution is -2.07. The van der Waals surface area contributed by atoms with E-state index in [0.29, 0.717) is 28.2 Å². The predicted octanol–water partition coefficient (Wildman–Crippen LogP) is 5.24. The van der Waals surface area contributed by atoms with E-state index in [2.05, 4.69) is 12.2 Å². The van der Waals surface area contributed by atoms with Gasteiger partial charge in [-0.05, 0) is 49.3 Å². The average molecular weight is 297 g/mol. The highest BCUT2D eigenvalue weighted by molar-refractivity contribution is 6.42. The van der Waals surface area contributed by atoms with E-state index < -0.39 is 0 Å². The van der Waals surface area contributed by atoms with Crippen molar-refractivity contribution in [1.82, 2.24) is 0 Å². The van der Waals surface area contributed by atoms with Crippen LogP contribution in [0.5, 0.6) is 0 Å². The fraction of sp³-hybridized carbons (Fsp3) is 0.438. The molecule has 102 valence electrons. The van der Waals surface area contributed by atoms with Crippen molar-refractivity contribution >= 4 is 29.0 Å². The predicted molar refractivity (Wildman–Crippen MR) is 80.9 cm³/mol. The molecule has 1 nitrogen and oxygen atoms in total. The first-order valence-electron chi connectivity index (χ1n) is 6.77. The number of Topliss-reactive ketones (excluding diaryl/α,β-unsaturated/α-hetero) is 1. The number of carbonyl (C=O) groups is 1. The van der Waals surface area contributed by atoms with Crippen molar-refractivity contribution in [3.05, 3.63) is 46.0 Å². The third-order valence-electron chi connectivity index (χ3n) is 3.58. The number of aryl methyl sites for hydroxylation is 1. The smallest absolute Gasteiger partial charge is 0.133 e. The highest BCUT2D eigenvalue weighted by Gasteiger charge is 2.11. The lowest BCUT2D eigenvalue weighted by Gasteiger charge is -2.14. The summed E-state index contributed by atoms with van der Waals surface area (Å²) in [7, 11) is 0. The van der Waals surface area contributed by atoms with Crippen LogP contribution in [0.15, 0.2) is 30.4 Å². The lowest BCUT2D eigenvalue weighted by molar-refractivity contribution is -0.119. The number of carbonyl (C=O) groups excluding carboxylic acids is 1. The zero-order chi connectivity index (χ0) is 13.7. The van der Waals surface area contributed by atoms with Gasteiger partial charge in [0.2, 0.25) is 0 Å². The lowest BCUT2D eigenvalue weighted by atomic mass is 9.91. The molecule has 0 N–H and O–H groups in total. The molecule has 0 saturated carbocycles. The molecule has 0 radical (unpaired) electrons. The van der Waals surface area contributed by atoms with Crippen LogP contribution in [0.4, 0.5) is 0 Å². The van der Waals surface area contributed by atoms with Gasteiger partial charge in [-0.25, -0.2) is 0 Å². The van der Waals surface area contributed by atoms with Gasteiger partial charge >= 0.3 is 0 Å². The number of allylic oxidation sites excluding steroid dienone is 2. The molecule has 1 aromatic rings. The van der Waals surface area contributed by atoms with E-state index in [-0.39, 0.29) is 0 Å². The van der Waals surface area contributed by atoms with Gasteiger partial charge in [-0.3, -0.25) is 4.79 Å². The molecule has 0 fully saturated rings. The van der Waals surface area contributed by atoms with Gasteiger partial charge in [-0.2, -0.15) is 0 Å². The van der Waals surface area contributed by atoms with Crippen LogP contribution < -0.4 is 0 Å². The standard InChI is InChI=1S/C16H18Cl2O/c17-15-10-8-13(11-16(15)18)6-5-12-3-1-2-4-14(19)9-7-12/h1,3,8,10-12H,2,4-7,9H2/b3-1-. The number of hydrogen-bond donors (Lipinski definition) is 0. The molecular weight excluding hydrogens is 279 g/mol. The summed E-state index contributed by atoms with van der Waals surface area (Å²) in [5, 5.41) is 1.21. The largest absolute Gasteiger partial charge is 0.300 e. The molecule has 1 aliphatic rings. The van der Waals surface area contributed by atoms with Crippen molar-refractivity contribution in [2.45, 2.75) is 38.5 Å². The van der Waals surface area contributed by atoms with Gasteiger partial charge < -0.3 is 0 Å². The Bertz CT molecular complexity index is 480. The molecule has 1 aromatic carbocycles. The number of hydrogen-bond acceptors (Lipinski definition) is 1. The van der Waals surface area contributed by atoms with E-state index in [1.54, 1.807) is 0 Å². The van der Waals surface area contributed by atoms with Crippen LogP contribution in [-0.4, -0.2) is 5.78 Å². The van der Waals surface area contributed by atoms with Crippen molar-refractivity contribution < 1.29 is 4.79 Å². The van der Waals surface area contributed by atoms with Gasteiger partial charge in [0.25, 0.3) is 0 Å². The van der Waals surface area contributed by atoms with Gasteiger partial charge in [0.1, 0.15) is 5.78 Å². The number of halogens is 2. The van der Waals surface area contributed by atoms with Crippen LogP contribution >= 0.6 is 23.2 Å². The van der Waals surface area contributed by atoms with Crippen molar-refractivity contribution in [3.8, 4) is 0 Å². The van der Waals surface area contributed by atoms with Gasteiger partial charge in [0.05, 0.1) is 10.0 Å². The molecular formula is C16H18Cl2O. The van der Waals surface area contributed by atoms with Crippen LogP contribution in [-0.2, 0) is 11.2 Å². The molecule has 1 unspecified atom stereocenters. The minimum Gasteiger partial charge on any atom is -0.300 e. The summed E-state index contributed by atoms with van der Waals surface area (Å²) in [5.41, 5.74) is 1.20. The van der Waals surface area contributed by atoms with Crippen LogP contribution in [0.25, 0.3) is 0 Å². The molecule has 0 aromatic heterocycles. The molecule has 0 saturated heterocycles. The van der Waals surface area contributed by atoms with Crippen LogP contribution in [0.2, 0.25) is 10.0 Å². The second-order valence-corrected chi connectivity index (χ2v) is 5.91. The zero-order valence-electron chi connectivity index (χ0n) is 10.9. The molecule has 3 heteroatoms. The molecule has 1 atom stereocenters. The van der Waals surface area contributed by atoms with Crippen LogP contribution in [0, 0.1) is 5.92 Å². The number of ketones is 1. The van der Waals surface area contributed by atoms with E-state index in [9.17, 15) is 4.79 Å². The van der Waals surface area contributed by atoms with Crippen molar-refractivity contribution in [3.63, 3.8) is 0 Å². The molecule has 19 heavy (non-hydrogen) atoms. The molecule has 0 amide bonds. The Morgan fingerprint density at radius 1 is 1.16 bits per heavy atom. The highest BCUT2D eigenvalue weighted by atomic mass is 35.5. The zero-order valence-corrected chi connectivity index (χ0v) is 12.4. The third-order valence-corrected chi connectivity index (χ3v) is 4.32. The second-order valence-electron chi connectivity index (χ2n) is 5.09. The molecule has 0 heterocycles. The number of rotatable bonds is 3. The van der Waals surface area contributed by atoms with E-state index in [1.807, 2.05) is 18.2 Å². The fourth-order valence-corrected chi connectivity index (χ4v) is 2.71. The van der Waals surface area contributed by atoms with E-state index in [1.165, 1.54) is 5.56 Å². The van der Waals surface area contributed by atoms with Gasteiger partial charge in [-0.15, -0.1) is 0 Å². The average Bonchev–Trinajstić information content (AvgIpc) is 2.37. The topological polar surface area (TPSA) is 17.1 Å². The van der Waals surface area contributed by atoms with E-state index in [4.69, 9.17) is 23.2 Å². The van der Waals surface area contributed by atoms with Crippen molar-refractivity contribution in [1.29, 1.82) is 0 Å². The monoisotopic (exact) mass is 296 g/mol. The molecule has 0 aliphatic heterocycles. The summed E-state index contributed by atoms with van der Waals surface area (Å²) in [6.07, 6.45) is 9.73. The molecule has 1 aliphatic carbocycles. The van der Waals surface area contributed by atoms with Crippen LogP contribution in [0.3, 0.4) is 0 Å². The maximum Gasteiger partial charge on any atom is 0.133 e. The minimum absolute atomic E-state index is 0.392. The highest BCUT2D eigenvalue weighted by Crippen LogP contribution is 2.25. The van der Waals surface area contributed by atoms with Gasteiger partial charge in [0, 0.05) is 12.8 Å². The molecule has 0 spiro atoms. The first-order chi connectivity index (χ1) is 9.15. The molecule has 0 bridgehead atoms. The molecule has 2 rings (SSSR count). The Hall–Kier alpha value is -0.790. The van der Waals surface area contributed by atoms with Crippen LogP contribution in [0.1, 0.15) is 37.7 Å². The van der Waals surface area contributed by atoms with E-state index >= 15 is 0 Å². The Morgan fingerprint density at radius 3 is 2.79 bits per heavy atom. The first-order valence-corrected chi connectivity index (χ1v) is 7.53. The van der Waals surface area contributed by atoms with E-state index in [0.717, 1.165) is 32.1 Å². The fourth-order valence-electron chi connectivity index (χ4n) is 2.39. The number of benzene rings is 1. The summed E-state index contributed by atoms with van der Waals surface area (Å²) < 4.78 is 0. The summed E-state index contributed by atoms with van der Waals surface area (Å²) in [6, 6.07) is 5.80. The minimum atomic E-state index is 0.392.